The second-order valence-corrected chi connectivity index (χ2v) is 6.62. The van der Waals surface area contributed by atoms with Gasteiger partial charge in [-0.15, -0.1) is 0 Å². The first-order valence-electron chi connectivity index (χ1n) is 8.94. The fourth-order valence-electron chi connectivity index (χ4n) is 2.36. The van der Waals surface area contributed by atoms with Gasteiger partial charge >= 0.3 is 0 Å². The molecule has 0 heterocycles. The number of hydrazine groups is 1. The molecule has 3 aromatic rings. The number of hydrogen-bond acceptors (Lipinski definition) is 4. The molecule has 0 aliphatic carbocycles. The van der Waals surface area contributed by atoms with Gasteiger partial charge in [-0.3, -0.25) is 20.4 Å². The molecule has 0 bridgehead atoms. The minimum atomic E-state index is -0.555. The van der Waals surface area contributed by atoms with Crippen LogP contribution < -0.4 is 20.3 Å². The molecule has 0 saturated heterocycles. The van der Waals surface area contributed by atoms with Crippen molar-refractivity contribution in [3.05, 3.63) is 94.8 Å². The Morgan fingerprint density at radius 1 is 0.800 bits per heavy atom. The van der Waals surface area contributed by atoms with Crippen molar-refractivity contribution >= 4 is 23.4 Å². The smallest absolute Gasteiger partial charge is 0.276 e. The fourth-order valence-corrected chi connectivity index (χ4v) is 2.49. The predicted molar refractivity (Wildman–Crippen MR) is 110 cm³/mol. The zero-order valence-electron chi connectivity index (χ0n) is 15.7. The van der Waals surface area contributed by atoms with E-state index in [2.05, 4.69) is 10.9 Å². The monoisotopic (exact) mass is 428 g/mol. The zero-order valence-corrected chi connectivity index (χ0v) is 16.5. The van der Waals surface area contributed by atoms with Crippen LogP contribution in [0.3, 0.4) is 0 Å². The molecule has 0 spiro atoms. The highest BCUT2D eigenvalue weighted by Gasteiger charge is 2.08. The lowest BCUT2D eigenvalue weighted by molar-refractivity contribution is -0.123. The Kier molecular flexibility index (Phi) is 7.24. The molecule has 0 fully saturated rings. The average Bonchev–Trinajstić information content (AvgIpc) is 2.77. The van der Waals surface area contributed by atoms with Gasteiger partial charge in [-0.2, -0.15) is 0 Å². The summed E-state index contributed by atoms with van der Waals surface area (Å²) >= 11 is 5.83. The van der Waals surface area contributed by atoms with Crippen molar-refractivity contribution in [2.24, 2.45) is 0 Å². The predicted octanol–water partition coefficient (Wildman–Crippen LogP) is 3.90. The summed E-state index contributed by atoms with van der Waals surface area (Å²) in [5, 5.41) is 0.631. The van der Waals surface area contributed by atoms with Crippen molar-refractivity contribution in [1.29, 1.82) is 0 Å². The molecule has 8 heteroatoms. The number of hydrogen-bond donors (Lipinski definition) is 2. The highest BCUT2D eigenvalue weighted by Crippen LogP contribution is 2.17. The van der Waals surface area contributed by atoms with E-state index in [-0.39, 0.29) is 6.61 Å². The van der Waals surface area contributed by atoms with Crippen molar-refractivity contribution < 1.29 is 23.5 Å². The number of rotatable bonds is 7. The van der Waals surface area contributed by atoms with Crippen molar-refractivity contribution in [1.82, 2.24) is 10.9 Å². The summed E-state index contributed by atoms with van der Waals surface area (Å²) < 4.78 is 23.7. The van der Waals surface area contributed by atoms with E-state index >= 15 is 0 Å². The Morgan fingerprint density at radius 2 is 1.40 bits per heavy atom. The van der Waals surface area contributed by atoms with E-state index in [0.29, 0.717) is 28.7 Å². The van der Waals surface area contributed by atoms with Crippen LogP contribution in [0.2, 0.25) is 5.02 Å². The molecule has 2 N–H and O–H groups in total. The summed E-state index contributed by atoms with van der Waals surface area (Å²) in [6.07, 6.45) is 0. The first-order chi connectivity index (χ1) is 14.5. The molecule has 154 valence electrons. The van der Waals surface area contributed by atoms with Crippen LogP contribution in [0.4, 0.5) is 4.39 Å². The van der Waals surface area contributed by atoms with Gasteiger partial charge in [0.05, 0.1) is 0 Å². The number of benzene rings is 3. The maximum Gasteiger partial charge on any atom is 0.276 e. The number of ether oxygens (including phenoxy) is 2. The molecule has 0 unspecified atom stereocenters. The van der Waals surface area contributed by atoms with E-state index in [1.807, 2.05) is 0 Å². The molecule has 0 aliphatic heterocycles. The molecule has 0 saturated carbocycles. The summed E-state index contributed by atoms with van der Waals surface area (Å²) in [6.45, 7) is 0.00782. The van der Waals surface area contributed by atoms with Crippen LogP contribution in [0, 0.1) is 5.82 Å². The molecule has 6 nitrogen and oxygen atoms in total. The minimum Gasteiger partial charge on any atom is -0.489 e. The SMILES string of the molecule is O=C(COc1ccc(F)cc1)NNC(=O)c1ccc(COc2ccc(Cl)cc2)cc1. The average molecular weight is 429 g/mol. The molecular formula is C22H18ClFN2O4. The first kappa shape index (κ1) is 21.1. The van der Waals surface area contributed by atoms with Gasteiger partial charge in [0.15, 0.2) is 6.61 Å². The molecule has 30 heavy (non-hydrogen) atoms. The van der Waals surface area contributed by atoms with Crippen LogP contribution in [0.1, 0.15) is 15.9 Å². The number of nitrogens with one attached hydrogen (secondary N) is 2. The molecular weight excluding hydrogens is 411 g/mol. The van der Waals surface area contributed by atoms with Crippen LogP contribution >= 0.6 is 11.6 Å². The van der Waals surface area contributed by atoms with Crippen LogP contribution in [-0.2, 0) is 11.4 Å². The third-order valence-corrected chi connectivity index (χ3v) is 4.19. The summed E-state index contributed by atoms with van der Waals surface area (Å²) in [4.78, 5) is 23.9. The lowest BCUT2D eigenvalue weighted by Crippen LogP contribution is -2.43. The molecule has 0 aromatic heterocycles. The molecule has 0 aliphatic rings. The van der Waals surface area contributed by atoms with Crippen LogP contribution in [-0.4, -0.2) is 18.4 Å². The van der Waals surface area contributed by atoms with E-state index < -0.39 is 17.6 Å². The van der Waals surface area contributed by atoms with E-state index in [1.165, 1.54) is 24.3 Å². The van der Waals surface area contributed by atoms with Gasteiger partial charge < -0.3 is 9.47 Å². The van der Waals surface area contributed by atoms with Gasteiger partial charge in [-0.05, 0) is 66.2 Å². The van der Waals surface area contributed by atoms with Crippen molar-refractivity contribution in [2.75, 3.05) is 6.61 Å². The summed E-state index contributed by atoms with van der Waals surface area (Å²) in [5.41, 5.74) is 5.80. The van der Waals surface area contributed by atoms with Crippen molar-refractivity contribution in [2.45, 2.75) is 6.61 Å². The van der Waals surface area contributed by atoms with Crippen LogP contribution in [0.25, 0.3) is 0 Å². The van der Waals surface area contributed by atoms with Crippen molar-refractivity contribution in [3.63, 3.8) is 0 Å². The molecule has 3 rings (SSSR count). The van der Waals surface area contributed by atoms with E-state index in [4.69, 9.17) is 21.1 Å². The Labute approximate surface area is 177 Å². The quantitative estimate of drug-likeness (QED) is 0.560. The number of carbonyl (C=O) groups excluding carboxylic acids is 2. The third kappa shape index (κ3) is 6.49. The Balaban J connectivity index is 1.41. The first-order valence-corrected chi connectivity index (χ1v) is 9.32. The topological polar surface area (TPSA) is 76.7 Å². The maximum absolute atomic E-state index is 12.8. The van der Waals surface area contributed by atoms with Gasteiger partial charge in [0, 0.05) is 10.6 Å². The van der Waals surface area contributed by atoms with E-state index in [0.717, 1.165) is 5.56 Å². The summed E-state index contributed by atoms with van der Waals surface area (Å²) in [5.74, 6) is -0.404. The number of carbonyl (C=O) groups is 2. The molecule has 2 amide bonds. The lowest BCUT2D eigenvalue weighted by atomic mass is 10.1. The lowest BCUT2D eigenvalue weighted by Gasteiger charge is -2.10. The fraction of sp³-hybridized carbons (Fsp3) is 0.0909. The second kappa shape index (κ2) is 10.3. The van der Waals surface area contributed by atoms with Gasteiger partial charge in [-0.1, -0.05) is 23.7 Å². The highest BCUT2D eigenvalue weighted by molar-refractivity contribution is 6.30. The van der Waals surface area contributed by atoms with Gasteiger partial charge in [-0.25, -0.2) is 4.39 Å². The number of halogens is 2. The Hall–Kier alpha value is -3.58. The minimum absolute atomic E-state index is 0.327. The van der Waals surface area contributed by atoms with Crippen molar-refractivity contribution in [3.8, 4) is 11.5 Å². The summed E-state index contributed by atoms with van der Waals surface area (Å²) in [7, 11) is 0. The van der Waals surface area contributed by atoms with E-state index in [1.54, 1.807) is 48.5 Å². The molecule has 0 atom stereocenters. The molecule has 3 aromatic carbocycles. The van der Waals surface area contributed by atoms with Crippen LogP contribution in [0.5, 0.6) is 11.5 Å². The van der Waals surface area contributed by atoms with Crippen LogP contribution in [0.15, 0.2) is 72.8 Å². The second-order valence-electron chi connectivity index (χ2n) is 6.18. The largest absolute Gasteiger partial charge is 0.489 e. The maximum atomic E-state index is 12.8. The van der Waals surface area contributed by atoms with Gasteiger partial charge in [0.1, 0.15) is 23.9 Å². The Morgan fingerprint density at radius 3 is 2.07 bits per heavy atom. The standard InChI is InChI=1S/C22H18ClFN2O4/c23-17-5-9-19(10-6-17)29-13-15-1-3-16(4-2-15)22(28)26-25-21(27)14-30-20-11-7-18(24)8-12-20/h1-12H,13-14H2,(H,25,27)(H,26,28). The summed E-state index contributed by atoms with van der Waals surface area (Å²) in [6, 6.07) is 19.0. The van der Waals surface area contributed by atoms with Gasteiger partial charge in [0.2, 0.25) is 0 Å². The van der Waals surface area contributed by atoms with E-state index in [9.17, 15) is 14.0 Å². The third-order valence-electron chi connectivity index (χ3n) is 3.93. The van der Waals surface area contributed by atoms with Gasteiger partial charge in [0.25, 0.3) is 11.8 Å². The zero-order chi connectivity index (χ0) is 21.3. The Bertz CT molecular complexity index is 993. The highest BCUT2D eigenvalue weighted by atomic mass is 35.5. The number of amides is 2. The molecule has 0 radical (unpaired) electrons. The normalized spacial score (nSPS) is 10.2.